The molecule has 1 aromatic rings. The van der Waals surface area contributed by atoms with E-state index in [2.05, 4.69) is 33.6 Å². The van der Waals surface area contributed by atoms with Crippen molar-refractivity contribution < 1.29 is 0 Å². The summed E-state index contributed by atoms with van der Waals surface area (Å²) in [6.07, 6.45) is 10.4. The lowest BCUT2D eigenvalue weighted by atomic mass is 9.97. The topological polar surface area (TPSA) is 49.3 Å². The van der Waals surface area contributed by atoms with Gasteiger partial charge in [-0.25, -0.2) is 9.98 Å². The van der Waals surface area contributed by atoms with Gasteiger partial charge in [0.05, 0.1) is 6.54 Å². The van der Waals surface area contributed by atoms with E-state index in [4.69, 9.17) is 11.6 Å². The maximum atomic E-state index is 5.79. The molecule has 2 N–H and O–H groups in total. The van der Waals surface area contributed by atoms with Crippen LogP contribution in [0.1, 0.15) is 44.6 Å². The number of aromatic nitrogens is 1. The summed E-state index contributed by atoms with van der Waals surface area (Å²) in [5, 5.41) is 7.19. The zero-order valence-electron chi connectivity index (χ0n) is 13.6. The normalized spacial score (nSPS) is 14.7. The van der Waals surface area contributed by atoms with E-state index in [-0.39, 0.29) is 24.0 Å². The van der Waals surface area contributed by atoms with Gasteiger partial charge in [-0.1, -0.05) is 29.3 Å². The molecule has 1 aliphatic carbocycles. The van der Waals surface area contributed by atoms with E-state index in [1.807, 2.05) is 6.07 Å². The molecule has 1 aromatic heterocycles. The lowest BCUT2D eigenvalue weighted by molar-refractivity contribution is 0.665. The summed E-state index contributed by atoms with van der Waals surface area (Å²) < 4.78 is 0. The van der Waals surface area contributed by atoms with Crippen LogP contribution in [0, 0.1) is 0 Å². The number of nitrogens with one attached hydrogen (secondary N) is 2. The minimum atomic E-state index is 0. The van der Waals surface area contributed by atoms with Crippen LogP contribution in [0.25, 0.3) is 0 Å². The van der Waals surface area contributed by atoms with Gasteiger partial charge in [0.15, 0.2) is 5.96 Å². The van der Waals surface area contributed by atoms with Crippen molar-refractivity contribution in [2.24, 2.45) is 4.99 Å². The maximum Gasteiger partial charge on any atom is 0.191 e. The molecular weight excluding hydrogens is 423 g/mol. The Morgan fingerprint density at radius 1 is 1.30 bits per heavy atom. The van der Waals surface area contributed by atoms with Gasteiger partial charge in [-0.15, -0.1) is 24.0 Å². The van der Waals surface area contributed by atoms with E-state index >= 15 is 0 Å². The molecule has 0 aliphatic heterocycles. The van der Waals surface area contributed by atoms with Crippen molar-refractivity contribution in [2.45, 2.75) is 45.6 Å². The molecular formula is C17H26ClIN4. The van der Waals surface area contributed by atoms with E-state index < -0.39 is 0 Å². The van der Waals surface area contributed by atoms with Crippen LogP contribution in [0.5, 0.6) is 0 Å². The van der Waals surface area contributed by atoms with Gasteiger partial charge in [0.2, 0.25) is 0 Å². The molecule has 0 radical (unpaired) electrons. The molecule has 0 fully saturated rings. The standard InChI is InChI=1S/C17H25ClN4.HI/c1-2-19-17(20-11-10-14-6-4-3-5-7-14)22-13-15-8-9-16(18)21-12-15;/h6,8-9,12H,2-5,7,10-11,13H2,1H3,(H2,19,20,22);1H. The number of pyridine rings is 1. The summed E-state index contributed by atoms with van der Waals surface area (Å²) >= 11 is 5.79. The SMILES string of the molecule is CCNC(=NCc1ccc(Cl)nc1)NCCC1=CCCCC1.I. The van der Waals surface area contributed by atoms with Crippen LogP contribution in [-0.4, -0.2) is 24.0 Å². The van der Waals surface area contributed by atoms with E-state index in [0.717, 1.165) is 31.0 Å². The Labute approximate surface area is 161 Å². The van der Waals surface area contributed by atoms with Crippen molar-refractivity contribution in [2.75, 3.05) is 13.1 Å². The molecule has 0 saturated carbocycles. The van der Waals surface area contributed by atoms with Crippen molar-refractivity contribution in [3.8, 4) is 0 Å². The second-order valence-corrected chi connectivity index (χ2v) is 5.86. The van der Waals surface area contributed by atoms with Gasteiger partial charge in [-0.05, 0) is 50.7 Å². The second-order valence-electron chi connectivity index (χ2n) is 5.47. The molecule has 128 valence electrons. The number of hydrogen-bond acceptors (Lipinski definition) is 2. The fourth-order valence-corrected chi connectivity index (χ4v) is 2.60. The molecule has 1 aliphatic rings. The highest BCUT2D eigenvalue weighted by Gasteiger charge is 2.04. The number of aliphatic imine (C=N–C) groups is 1. The second kappa shape index (κ2) is 11.7. The third-order valence-corrected chi connectivity index (χ3v) is 3.90. The molecule has 0 saturated heterocycles. The lowest BCUT2D eigenvalue weighted by Crippen LogP contribution is -2.37. The van der Waals surface area contributed by atoms with Crippen molar-refractivity contribution in [1.82, 2.24) is 15.6 Å². The summed E-state index contributed by atoms with van der Waals surface area (Å²) in [7, 11) is 0. The summed E-state index contributed by atoms with van der Waals surface area (Å²) in [4.78, 5) is 8.66. The number of allylic oxidation sites excluding steroid dienone is 1. The zero-order chi connectivity index (χ0) is 15.6. The molecule has 2 rings (SSSR count). The first kappa shape index (κ1) is 20.2. The Balaban J connectivity index is 0.00000264. The predicted molar refractivity (Wildman–Crippen MR) is 109 cm³/mol. The van der Waals surface area contributed by atoms with Gasteiger partial charge < -0.3 is 10.6 Å². The first-order chi connectivity index (χ1) is 10.8. The Morgan fingerprint density at radius 3 is 2.83 bits per heavy atom. The average molecular weight is 449 g/mol. The van der Waals surface area contributed by atoms with E-state index in [0.29, 0.717) is 11.7 Å². The van der Waals surface area contributed by atoms with Gasteiger partial charge in [-0.3, -0.25) is 0 Å². The van der Waals surface area contributed by atoms with Crippen LogP contribution >= 0.6 is 35.6 Å². The van der Waals surface area contributed by atoms with Crippen LogP contribution < -0.4 is 10.6 Å². The summed E-state index contributed by atoms with van der Waals surface area (Å²) in [5.41, 5.74) is 2.63. The smallest absolute Gasteiger partial charge is 0.191 e. The van der Waals surface area contributed by atoms with E-state index in [1.54, 1.807) is 17.8 Å². The van der Waals surface area contributed by atoms with Crippen molar-refractivity contribution in [3.63, 3.8) is 0 Å². The van der Waals surface area contributed by atoms with Crippen LogP contribution in [0.2, 0.25) is 5.15 Å². The maximum absolute atomic E-state index is 5.79. The number of rotatable bonds is 6. The van der Waals surface area contributed by atoms with Crippen LogP contribution in [0.15, 0.2) is 35.0 Å². The van der Waals surface area contributed by atoms with Gasteiger partial charge in [0, 0.05) is 19.3 Å². The van der Waals surface area contributed by atoms with Crippen LogP contribution in [0.3, 0.4) is 0 Å². The minimum Gasteiger partial charge on any atom is -0.357 e. The average Bonchev–Trinajstić information content (AvgIpc) is 2.55. The highest BCUT2D eigenvalue weighted by Crippen LogP contribution is 2.19. The van der Waals surface area contributed by atoms with Gasteiger partial charge in [0.25, 0.3) is 0 Å². The van der Waals surface area contributed by atoms with Gasteiger partial charge in [-0.2, -0.15) is 0 Å². The van der Waals surface area contributed by atoms with Crippen LogP contribution in [-0.2, 0) is 6.54 Å². The van der Waals surface area contributed by atoms with E-state index in [9.17, 15) is 0 Å². The Morgan fingerprint density at radius 2 is 2.17 bits per heavy atom. The van der Waals surface area contributed by atoms with E-state index in [1.165, 1.54) is 25.7 Å². The highest BCUT2D eigenvalue weighted by molar-refractivity contribution is 14.0. The number of nitrogens with zero attached hydrogens (tertiary/aromatic N) is 2. The fraction of sp³-hybridized carbons (Fsp3) is 0.529. The molecule has 0 aromatic carbocycles. The molecule has 4 nitrogen and oxygen atoms in total. The Hall–Kier alpha value is -0.820. The van der Waals surface area contributed by atoms with Crippen molar-refractivity contribution in [1.29, 1.82) is 0 Å². The number of hydrogen-bond donors (Lipinski definition) is 2. The quantitative estimate of drug-likeness (QED) is 0.224. The van der Waals surface area contributed by atoms with Crippen LogP contribution in [0.4, 0.5) is 0 Å². The minimum absolute atomic E-state index is 0. The summed E-state index contributed by atoms with van der Waals surface area (Å²) in [6, 6.07) is 3.75. The summed E-state index contributed by atoms with van der Waals surface area (Å²) in [6.45, 7) is 4.46. The van der Waals surface area contributed by atoms with Crippen molar-refractivity contribution in [3.05, 3.63) is 40.7 Å². The molecule has 6 heteroatoms. The molecule has 0 spiro atoms. The predicted octanol–water partition coefficient (Wildman–Crippen LogP) is 4.30. The highest BCUT2D eigenvalue weighted by atomic mass is 127. The monoisotopic (exact) mass is 448 g/mol. The van der Waals surface area contributed by atoms with Gasteiger partial charge >= 0.3 is 0 Å². The molecule has 1 heterocycles. The zero-order valence-corrected chi connectivity index (χ0v) is 16.7. The largest absolute Gasteiger partial charge is 0.357 e. The third-order valence-electron chi connectivity index (χ3n) is 3.68. The molecule has 0 amide bonds. The number of halogens is 2. The molecule has 23 heavy (non-hydrogen) atoms. The fourth-order valence-electron chi connectivity index (χ4n) is 2.49. The first-order valence-electron chi connectivity index (χ1n) is 8.08. The van der Waals surface area contributed by atoms with Crippen molar-refractivity contribution >= 4 is 41.5 Å². The lowest BCUT2D eigenvalue weighted by Gasteiger charge is -2.15. The molecule has 0 atom stereocenters. The Bertz CT molecular complexity index is 514. The molecule has 0 unspecified atom stereocenters. The Kier molecular flexibility index (Phi) is 10.3. The third kappa shape index (κ3) is 8.01. The molecule has 0 bridgehead atoms. The number of guanidine groups is 1. The van der Waals surface area contributed by atoms with Gasteiger partial charge in [0.1, 0.15) is 5.15 Å². The summed E-state index contributed by atoms with van der Waals surface area (Å²) in [5.74, 6) is 0.855. The first-order valence-corrected chi connectivity index (χ1v) is 8.46.